The molecule has 0 saturated heterocycles. The first kappa shape index (κ1) is 19.6. The number of aryl methyl sites for hydroxylation is 2. The molecule has 0 spiro atoms. The van der Waals surface area contributed by atoms with Crippen molar-refractivity contribution in [1.29, 1.82) is 0 Å². The highest BCUT2D eigenvalue weighted by Gasteiger charge is 2.18. The van der Waals surface area contributed by atoms with Crippen LogP contribution in [0.4, 0.5) is 0 Å². The third-order valence-corrected chi connectivity index (χ3v) is 6.35. The molecule has 0 aliphatic carbocycles. The largest absolute Gasteiger partial charge is 0.319 e. The van der Waals surface area contributed by atoms with Gasteiger partial charge in [-0.2, -0.15) is 5.10 Å². The molecule has 0 aromatic carbocycles. The van der Waals surface area contributed by atoms with Gasteiger partial charge in [0.05, 0.1) is 23.2 Å². The van der Waals surface area contributed by atoms with Crippen LogP contribution in [0.15, 0.2) is 30.7 Å². The van der Waals surface area contributed by atoms with E-state index in [-0.39, 0.29) is 5.75 Å². The molecule has 144 valence electrons. The Labute approximate surface area is 163 Å². The average molecular weight is 408 g/mol. The van der Waals surface area contributed by atoms with Crippen LogP contribution in [0.1, 0.15) is 16.8 Å². The second-order valence-electron chi connectivity index (χ2n) is 6.29. The topological polar surface area (TPSA) is 81.8 Å². The summed E-state index contributed by atoms with van der Waals surface area (Å²) in [4.78, 5) is 4.09. The normalized spacial score (nSPS) is 12.4. The Morgan fingerprint density at radius 2 is 2.15 bits per heavy atom. The van der Waals surface area contributed by atoms with Gasteiger partial charge in [0.2, 0.25) is 10.0 Å². The van der Waals surface area contributed by atoms with Gasteiger partial charge in [0.1, 0.15) is 5.15 Å². The number of hydrogen-bond donors (Lipinski definition) is 1. The maximum Gasteiger partial charge on any atom is 0.242 e. The Morgan fingerprint density at radius 1 is 1.37 bits per heavy atom. The van der Waals surface area contributed by atoms with Crippen molar-refractivity contribution in [2.45, 2.75) is 13.3 Å². The van der Waals surface area contributed by atoms with Crippen molar-refractivity contribution < 1.29 is 8.42 Å². The standard InChI is InChI=1S/C18H22ClN5O2S/c1-13-15(18(19)23(3)22-13)5-4-10-27(25,26)24-12-14(6-8-20-2)16-7-9-21-11-17(16)24/h4-5,7,9,11-12,20H,6,8,10H2,1-3H3. The summed E-state index contributed by atoms with van der Waals surface area (Å²) in [5, 5.41) is 8.69. The molecule has 3 heterocycles. The van der Waals surface area contributed by atoms with Gasteiger partial charge in [0.25, 0.3) is 0 Å². The Hall–Kier alpha value is -2.16. The van der Waals surface area contributed by atoms with Crippen molar-refractivity contribution >= 4 is 38.6 Å². The van der Waals surface area contributed by atoms with Crippen LogP contribution in [0, 0.1) is 6.92 Å². The van der Waals surface area contributed by atoms with Crippen molar-refractivity contribution in [2.24, 2.45) is 7.05 Å². The smallest absolute Gasteiger partial charge is 0.242 e. The minimum atomic E-state index is -3.58. The Morgan fingerprint density at radius 3 is 2.81 bits per heavy atom. The van der Waals surface area contributed by atoms with E-state index >= 15 is 0 Å². The third kappa shape index (κ3) is 3.92. The Kier molecular flexibility index (Phi) is 5.69. The second kappa shape index (κ2) is 7.84. The number of aromatic nitrogens is 4. The summed E-state index contributed by atoms with van der Waals surface area (Å²) in [6.45, 7) is 2.60. The lowest BCUT2D eigenvalue weighted by molar-refractivity contribution is 0.592. The summed E-state index contributed by atoms with van der Waals surface area (Å²) in [7, 11) is 0.0330. The number of likely N-dealkylation sites (N-methyl/N-ethyl adjacent to an activating group) is 1. The van der Waals surface area contributed by atoms with Gasteiger partial charge in [0.15, 0.2) is 0 Å². The SMILES string of the molecule is CNCCc1cn(S(=O)(=O)CC=Cc2c(C)nn(C)c2Cl)c2cnccc12. The average Bonchev–Trinajstić information content (AvgIpc) is 3.13. The van der Waals surface area contributed by atoms with Gasteiger partial charge in [0, 0.05) is 30.4 Å². The first-order chi connectivity index (χ1) is 12.8. The molecule has 0 aliphatic heterocycles. The number of halogens is 1. The lowest BCUT2D eigenvalue weighted by Crippen LogP contribution is -2.14. The Balaban J connectivity index is 1.92. The summed E-state index contributed by atoms with van der Waals surface area (Å²) in [6.07, 6.45) is 8.99. The molecule has 0 unspecified atom stereocenters. The molecule has 9 heteroatoms. The number of hydrogen-bond acceptors (Lipinski definition) is 5. The van der Waals surface area contributed by atoms with E-state index in [1.165, 1.54) is 3.97 Å². The first-order valence-corrected chi connectivity index (χ1v) is 10.5. The molecule has 0 amide bonds. The van der Waals surface area contributed by atoms with Crippen LogP contribution in [0.2, 0.25) is 5.15 Å². The van der Waals surface area contributed by atoms with Crippen LogP contribution in [0.3, 0.4) is 0 Å². The molecule has 3 aromatic rings. The summed E-state index contributed by atoms with van der Waals surface area (Å²) in [5.74, 6) is -0.151. The molecule has 0 atom stereocenters. The number of fused-ring (bicyclic) bond motifs is 1. The highest BCUT2D eigenvalue weighted by Crippen LogP contribution is 2.24. The van der Waals surface area contributed by atoms with Gasteiger partial charge in [-0.3, -0.25) is 9.67 Å². The first-order valence-electron chi connectivity index (χ1n) is 8.52. The second-order valence-corrected chi connectivity index (χ2v) is 8.54. The highest BCUT2D eigenvalue weighted by atomic mass is 35.5. The molecule has 1 N–H and O–H groups in total. The zero-order chi connectivity index (χ0) is 19.6. The fourth-order valence-corrected chi connectivity index (χ4v) is 4.48. The van der Waals surface area contributed by atoms with E-state index < -0.39 is 10.0 Å². The van der Waals surface area contributed by atoms with Crippen LogP contribution in [-0.2, 0) is 23.5 Å². The Bertz CT molecular complexity index is 1100. The monoisotopic (exact) mass is 407 g/mol. The van der Waals surface area contributed by atoms with E-state index in [0.29, 0.717) is 10.7 Å². The molecule has 0 aliphatic rings. The summed E-state index contributed by atoms with van der Waals surface area (Å²) in [6, 6.07) is 1.85. The molecule has 7 nitrogen and oxygen atoms in total. The maximum atomic E-state index is 12.9. The molecular formula is C18H22ClN5O2S. The van der Waals surface area contributed by atoms with Crippen LogP contribution >= 0.6 is 11.6 Å². The van der Waals surface area contributed by atoms with Gasteiger partial charge in [-0.15, -0.1) is 0 Å². The maximum absolute atomic E-state index is 12.9. The highest BCUT2D eigenvalue weighted by molar-refractivity contribution is 7.90. The lowest BCUT2D eigenvalue weighted by atomic mass is 10.1. The van der Waals surface area contributed by atoms with Crippen molar-refractivity contribution in [1.82, 2.24) is 24.1 Å². The minimum absolute atomic E-state index is 0.151. The van der Waals surface area contributed by atoms with Gasteiger partial charge in [-0.25, -0.2) is 12.4 Å². The lowest BCUT2D eigenvalue weighted by Gasteiger charge is -2.04. The molecule has 27 heavy (non-hydrogen) atoms. The van der Waals surface area contributed by atoms with E-state index in [2.05, 4.69) is 15.4 Å². The minimum Gasteiger partial charge on any atom is -0.319 e. The van der Waals surface area contributed by atoms with Crippen LogP contribution in [-0.4, -0.2) is 46.5 Å². The number of nitrogens with zero attached hydrogens (tertiary/aromatic N) is 4. The van der Waals surface area contributed by atoms with Gasteiger partial charge < -0.3 is 5.32 Å². The molecule has 0 saturated carbocycles. The number of rotatable bonds is 7. The molecular weight excluding hydrogens is 386 g/mol. The predicted octanol–water partition coefficient (Wildman–Crippen LogP) is 2.38. The summed E-state index contributed by atoms with van der Waals surface area (Å²) >= 11 is 6.19. The number of pyridine rings is 1. The van der Waals surface area contributed by atoms with E-state index in [1.54, 1.807) is 42.5 Å². The van der Waals surface area contributed by atoms with E-state index in [9.17, 15) is 8.42 Å². The molecule has 0 fully saturated rings. The third-order valence-electron chi connectivity index (χ3n) is 4.39. The summed E-state index contributed by atoms with van der Waals surface area (Å²) in [5.41, 5.74) is 3.04. The molecule has 3 aromatic heterocycles. The zero-order valence-electron chi connectivity index (χ0n) is 15.5. The number of nitrogens with one attached hydrogen (secondary N) is 1. The van der Waals surface area contributed by atoms with Crippen LogP contribution in [0.25, 0.3) is 17.0 Å². The molecule has 3 rings (SSSR count). The molecule has 0 radical (unpaired) electrons. The van der Waals surface area contributed by atoms with Crippen molar-refractivity contribution in [2.75, 3.05) is 19.3 Å². The van der Waals surface area contributed by atoms with E-state index in [0.717, 1.165) is 35.2 Å². The van der Waals surface area contributed by atoms with Gasteiger partial charge in [-0.1, -0.05) is 23.8 Å². The fraction of sp³-hybridized carbons (Fsp3) is 0.333. The van der Waals surface area contributed by atoms with Crippen molar-refractivity contribution in [3.05, 3.63) is 52.7 Å². The van der Waals surface area contributed by atoms with Gasteiger partial charge in [-0.05, 0) is 38.6 Å². The van der Waals surface area contributed by atoms with E-state index in [4.69, 9.17) is 11.6 Å². The van der Waals surface area contributed by atoms with Crippen LogP contribution < -0.4 is 5.32 Å². The van der Waals surface area contributed by atoms with Gasteiger partial charge >= 0.3 is 0 Å². The summed E-state index contributed by atoms with van der Waals surface area (Å²) < 4.78 is 28.7. The van der Waals surface area contributed by atoms with E-state index in [1.807, 2.05) is 20.0 Å². The fourth-order valence-electron chi connectivity index (χ4n) is 3.01. The zero-order valence-corrected chi connectivity index (χ0v) is 17.0. The quantitative estimate of drug-likeness (QED) is 0.650. The molecule has 0 bridgehead atoms. The van der Waals surface area contributed by atoms with Crippen LogP contribution in [0.5, 0.6) is 0 Å². The van der Waals surface area contributed by atoms with Crippen molar-refractivity contribution in [3.8, 4) is 0 Å². The predicted molar refractivity (Wildman–Crippen MR) is 109 cm³/mol. The van der Waals surface area contributed by atoms with Crippen molar-refractivity contribution in [3.63, 3.8) is 0 Å².